The number of hydrogen-bond donors (Lipinski definition) is 1. The molecule has 0 spiro atoms. The van der Waals surface area contributed by atoms with Crippen LogP contribution in [0.1, 0.15) is 39.5 Å². The van der Waals surface area contributed by atoms with Gasteiger partial charge in [0.25, 0.3) is 5.91 Å². The largest absolute Gasteiger partial charge is 0.480 e. The molecule has 0 aliphatic carbocycles. The van der Waals surface area contributed by atoms with Gasteiger partial charge in [-0.05, 0) is 53.6 Å². The number of carbonyl (C=O) groups is 2. The lowest BCUT2D eigenvalue weighted by Gasteiger charge is -2.42. The molecule has 0 saturated carbocycles. The maximum atomic E-state index is 12.6. The lowest BCUT2D eigenvalue weighted by atomic mass is 9.96. The maximum absolute atomic E-state index is 12.6. The summed E-state index contributed by atoms with van der Waals surface area (Å²) >= 11 is 1.55. The zero-order valence-corrected chi connectivity index (χ0v) is 18.5. The molecule has 29 heavy (non-hydrogen) atoms. The number of rotatable bonds is 7. The van der Waals surface area contributed by atoms with Crippen LogP contribution in [0.3, 0.4) is 0 Å². The van der Waals surface area contributed by atoms with Gasteiger partial charge in [0.1, 0.15) is 11.4 Å². The van der Waals surface area contributed by atoms with E-state index in [4.69, 9.17) is 4.74 Å². The summed E-state index contributed by atoms with van der Waals surface area (Å²) in [5.74, 6) is -1.10. The molecule has 4 heterocycles. The summed E-state index contributed by atoms with van der Waals surface area (Å²) in [5, 5.41) is 9.37. The molecule has 0 aromatic heterocycles. The molecule has 4 rings (SSSR count). The fourth-order valence-electron chi connectivity index (χ4n) is 5.17. The molecule has 8 nitrogen and oxygen atoms in total. The van der Waals surface area contributed by atoms with Gasteiger partial charge in [-0.1, -0.05) is 0 Å². The standard InChI is InChI=1S/C20H32N4O4S/c1-20(2)16(19(26)27)24-17(25)15(18(24)29-20)21-11-23-12-5-6-13(23)10-14(9-12)28-8-7-22(3)4/h11-16,18H,5-10H2,1-4H3,(H,26,27)/b21-11+/t12-,13+,14+,15-,16+,18-/m1/s1. The number of nitrogens with zero attached hydrogens (tertiary/aromatic N) is 4. The molecule has 4 saturated heterocycles. The van der Waals surface area contributed by atoms with Crippen LogP contribution >= 0.6 is 11.8 Å². The first-order chi connectivity index (χ1) is 13.7. The van der Waals surface area contributed by atoms with E-state index in [-0.39, 0.29) is 11.3 Å². The number of piperidine rings is 1. The van der Waals surface area contributed by atoms with E-state index in [1.165, 1.54) is 4.90 Å². The highest BCUT2D eigenvalue weighted by Gasteiger charge is 2.64. The maximum Gasteiger partial charge on any atom is 0.327 e. The van der Waals surface area contributed by atoms with Crippen LogP contribution in [0.5, 0.6) is 0 Å². The molecular weight excluding hydrogens is 392 g/mol. The first-order valence-electron chi connectivity index (χ1n) is 10.5. The Morgan fingerprint density at radius 3 is 2.59 bits per heavy atom. The van der Waals surface area contributed by atoms with Gasteiger partial charge in [0, 0.05) is 23.4 Å². The number of β-lactam (4-membered cyclic amide) rings is 1. The summed E-state index contributed by atoms with van der Waals surface area (Å²) in [6.45, 7) is 5.48. The Labute approximate surface area is 176 Å². The molecule has 0 unspecified atom stereocenters. The van der Waals surface area contributed by atoms with Crippen molar-refractivity contribution in [2.24, 2.45) is 4.99 Å². The molecule has 4 aliphatic heterocycles. The predicted octanol–water partition coefficient (Wildman–Crippen LogP) is 1.10. The SMILES string of the molecule is CN(C)CCO[C@H]1C[C@H]2CC[C@@H](C1)N2/C=N/[C@@H]1C(=O)N2[C@@H]1SC(C)(C)[C@@H]2C(=O)O. The van der Waals surface area contributed by atoms with E-state index in [0.29, 0.717) is 18.2 Å². The van der Waals surface area contributed by atoms with E-state index in [1.807, 2.05) is 20.2 Å². The Morgan fingerprint density at radius 2 is 2.00 bits per heavy atom. The van der Waals surface area contributed by atoms with Crippen LogP contribution < -0.4 is 0 Å². The van der Waals surface area contributed by atoms with Crippen molar-refractivity contribution in [1.29, 1.82) is 0 Å². The van der Waals surface area contributed by atoms with E-state index < -0.39 is 22.8 Å². The van der Waals surface area contributed by atoms with Gasteiger partial charge in [0.05, 0.1) is 19.0 Å². The molecule has 4 fully saturated rings. The molecule has 4 aliphatic rings. The van der Waals surface area contributed by atoms with Gasteiger partial charge in [-0.25, -0.2) is 4.79 Å². The highest BCUT2D eigenvalue weighted by molar-refractivity contribution is 8.01. The van der Waals surface area contributed by atoms with Gasteiger partial charge >= 0.3 is 5.97 Å². The molecule has 1 N–H and O–H groups in total. The normalized spacial score (nSPS) is 38.0. The van der Waals surface area contributed by atoms with Crippen LogP contribution in [0.2, 0.25) is 0 Å². The third-order valence-corrected chi connectivity index (χ3v) is 8.20. The average Bonchev–Trinajstić information content (AvgIpc) is 3.01. The van der Waals surface area contributed by atoms with Crippen LogP contribution in [-0.4, -0.2) is 106 Å². The molecule has 0 radical (unpaired) electrons. The third kappa shape index (κ3) is 3.77. The Balaban J connectivity index is 1.35. The summed E-state index contributed by atoms with van der Waals surface area (Å²) in [5.41, 5.74) is 0. The Morgan fingerprint density at radius 1 is 1.34 bits per heavy atom. The summed E-state index contributed by atoms with van der Waals surface area (Å²) in [6, 6.07) is -0.389. The van der Waals surface area contributed by atoms with Gasteiger partial charge in [-0.3, -0.25) is 9.79 Å². The van der Waals surface area contributed by atoms with Crippen molar-refractivity contribution in [3.05, 3.63) is 0 Å². The smallest absolute Gasteiger partial charge is 0.327 e. The second-order valence-corrected chi connectivity index (χ2v) is 11.2. The van der Waals surface area contributed by atoms with Crippen molar-refractivity contribution in [3.63, 3.8) is 0 Å². The zero-order valence-electron chi connectivity index (χ0n) is 17.7. The number of thioether (sulfide) groups is 1. The Hall–Kier alpha value is -1.32. The van der Waals surface area contributed by atoms with Crippen molar-refractivity contribution >= 4 is 30.0 Å². The lowest BCUT2D eigenvalue weighted by Crippen LogP contribution is -2.65. The summed E-state index contributed by atoms with van der Waals surface area (Å²) < 4.78 is 5.58. The number of carbonyl (C=O) groups excluding carboxylic acids is 1. The molecule has 1 amide bonds. The minimum atomic E-state index is -0.935. The number of hydrogen-bond acceptors (Lipinski definition) is 6. The molecule has 9 heteroatoms. The van der Waals surface area contributed by atoms with Crippen molar-refractivity contribution in [3.8, 4) is 0 Å². The van der Waals surface area contributed by atoms with Crippen molar-refractivity contribution in [2.75, 3.05) is 27.2 Å². The number of carboxylic acids is 1. The Kier molecular flexibility index (Phi) is 5.59. The van der Waals surface area contributed by atoms with Crippen LogP contribution in [-0.2, 0) is 14.3 Å². The average molecular weight is 425 g/mol. The minimum absolute atomic E-state index is 0.161. The van der Waals surface area contributed by atoms with Gasteiger partial charge in [0.15, 0.2) is 6.04 Å². The van der Waals surface area contributed by atoms with Gasteiger partial charge in [0.2, 0.25) is 0 Å². The van der Waals surface area contributed by atoms with E-state index in [2.05, 4.69) is 28.9 Å². The van der Waals surface area contributed by atoms with Crippen LogP contribution in [0.25, 0.3) is 0 Å². The predicted molar refractivity (Wildman–Crippen MR) is 112 cm³/mol. The lowest BCUT2D eigenvalue weighted by molar-refractivity contribution is -0.158. The number of likely N-dealkylation sites (N-methyl/N-ethyl adjacent to an activating group) is 1. The molecule has 6 atom stereocenters. The van der Waals surface area contributed by atoms with Gasteiger partial charge in [-0.2, -0.15) is 0 Å². The zero-order chi connectivity index (χ0) is 20.9. The molecular formula is C20H32N4O4S. The summed E-state index contributed by atoms with van der Waals surface area (Å²) in [6.07, 6.45) is 6.48. The first-order valence-corrected chi connectivity index (χ1v) is 11.4. The minimum Gasteiger partial charge on any atom is -0.480 e. The van der Waals surface area contributed by atoms with E-state index in [0.717, 1.165) is 38.8 Å². The third-order valence-electron chi connectivity index (χ3n) is 6.65. The number of carboxylic acid groups (broad SMARTS) is 1. The number of aliphatic carboxylic acids is 1. The molecule has 0 aromatic rings. The number of aliphatic imine (C=N–C) groups is 1. The van der Waals surface area contributed by atoms with E-state index >= 15 is 0 Å². The van der Waals surface area contributed by atoms with Crippen LogP contribution in [0.4, 0.5) is 0 Å². The first kappa shape index (κ1) is 20.9. The summed E-state index contributed by atoms with van der Waals surface area (Å²) in [4.78, 5) is 34.8. The second kappa shape index (κ2) is 7.74. The molecule has 0 aromatic carbocycles. The van der Waals surface area contributed by atoms with Crippen LogP contribution in [0, 0.1) is 0 Å². The topological polar surface area (TPSA) is 85.7 Å². The van der Waals surface area contributed by atoms with Crippen molar-refractivity contribution in [1.82, 2.24) is 14.7 Å². The highest BCUT2D eigenvalue weighted by Crippen LogP contribution is 2.51. The number of fused-ring (bicyclic) bond motifs is 3. The summed E-state index contributed by atoms with van der Waals surface area (Å²) in [7, 11) is 4.11. The monoisotopic (exact) mass is 424 g/mol. The van der Waals surface area contributed by atoms with E-state index in [9.17, 15) is 14.7 Å². The van der Waals surface area contributed by atoms with Crippen LogP contribution in [0.15, 0.2) is 4.99 Å². The molecule has 2 bridgehead atoms. The van der Waals surface area contributed by atoms with Crippen molar-refractivity contribution in [2.45, 2.75) is 79.9 Å². The van der Waals surface area contributed by atoms with Gasteiger partial charge < -0.3 is 24.5 Å². The number of ether oxygens (including phenoxy) is 1. The number of amides is 1. The second-order valence-electron chi connectivity index (χ2n) is 9.41. The fourth-order valence-corrected chi connectivity index (χ4v) is 6.79. The van der Waals surface area contributed by atoms with E-state index in [1.54, 1.807) is 11.8 Å². The quantitative estimate of drug-likeness (QED) is 0.372. The highest BCUT2D eigenvalue weighted by atomic mass is 32.2. The van der Waals surface area contributed by atoms with Crippen molar-refractivity contribution < 1.29 is 19.4 Å². The fraction of sp³-hybridized carbons (Fsp3) is 0.850. The van der Waals surface area contributed by atoms with Gasteiger partial charge in [-0.15, -0.1) is 11.8 Å². The molecule has 162 valence electrons. The Bertz CT molecular complexity index is 686.